The Balaban J connectivity index is 2.58. The van der Waals surface area contributed by atoms with Gasteiger partial charge in [-0.05, 0) is 37.3 Å². The molecule has 0 radical (unpaired) electrons. The van der Waals surface area contributed by atoms with Gasteiger partial charge in [-0.25, -0.2) is 0 Å². The molecule has 0 aromatic heterocycles. The van der Waals surface area contributed by atoms with Crippen molar-refractivity contribution < 1.29 is 0 Å². The highest BCUT2D eigenvalue weighted by Crippen LogP contribution is 2.17. The average Bonchev–Trinajstić information content (AvgIpc) is 2.38. The van der Waals surface area contributed by atoms with Crippen LogP contribution in [-0.2, 0) is 6.42 Å². The maximum atomic E-state index is 3.70. The third kappa shape index (κ3) is 4.45. The van der Waals surface area contributed by atoms with Crippen molar-refractivity contribution in [3.05, 3.63) is 35.4 Å². The van der Waals surface area contributed by atoms with Crippen LogP contribution in [0.15, 0.2) is 24.3 Å². The zero-order valence-corrected chi connectivity index (χ0v) is 12.7. The van der Waals surface area contributed by atoms with Gasteiger partial charge in [0, 0.05) is 12.1 Å². The molecule has 1 nitrogen and oxygen atoms in total. The SMILES string of the molecule is CCCc1ccc(C(C)NC(C)C(C)CC)cc1. The standard InChI is InChI=1S/C17H29N/c1-6-8-16-9-11-17(12-10-16)15(5)18-14(4)13(3)7-2/h9-15,18H,6-8H2,1-5H3. The van der Waals surface area contributed by atoms with E-state index in [-0.39, 0.29) is 0 Å². The highest BCUT2D eigenvalue weighted by Gasteiger charge is 2.13. The van der Waals surface area contributed by atoms with Gasteiger partial charge in [-0.15, -0.1) is 0 Å². The molecule has 0 aliphatic heterocycles. The van der Waals surface area contributed by atoms with E-state index in [2.05, 4.69) is 64.2 Å². The molecule has 0 heterocycles. The molecule has 0 saturated heterocycles. The summed E-state index contributed by atoms with van der Waals surface area (Å²) in [4.78, 5) is 0. The van der Waals surface area contributed by atoms with Crippen molar-refractivity contribution in [2.75, 3.05) is 0 Å². The Morgan fingerprint density at radius 2 is 1.61 bits per heavy atom. The predicted octanol–water partition coefficient (Wildman–Crippen LogP) is 4.72. The van der Waals surface area contributed by atoms with Crippen molar-refractivity contribution in [1.29, 1.82) is 0 Å². The van der Waals surface area contributed by atoms with E-state index in [4.69, 9.17) is 0 Å². The number of rotatable bonds is 7. The zero-order valence-electron chi connectivity index (χ0n) is 12.7. The van der Waals surface area contributed by atoms with Crippen molar-refractivity contribution in [2.24, 2.45) is 5.92 Å². The molecule has 0 saturated carbocycles. The molecule has 18 heavy (non-hydrogen) atoms. The molecule has 1 rings (SSSR count). The van der Waals surface area contributed by atoms with Crippen LogP contribution in [0.4, 0.5) is 0 Å². The first-order valence-electron chi connectivity index (χ1n) is 7.43. The van der Waals surface area contributed by atoms with Crippen LogP contribution >= 0.6 is 0 Å². The summed E-state index contributed by atoms with van der Waals surface area (Å²) in [6, 6.07) is 10.1. The van der Waals surface area contributed by atoms with Gasteiger partial charge in [-0.3, -0.25) is 0 Å². The smallest absolute Gasteiger partial charge is 0.0294 e. The highest BCUT2D eigenvalue weighted by molar-refractivity contribution is 5.24. The molecule has 1 N–H and O–H groups in total. The monoisotopic (exact) mass is 247 g/mol. The molecule has 0 amide bonds. The molecule has 3 atom stereocenters. The summed E-state index contributed by atoms with van der Waals surface area (Å²) in [5.74, 6) is 0.729. The fourth-order valence-corrected chi connectivity index (χ4v) is 2.27. The molecule has 1 heteroatoms. The van der Waals surface area contributed by atoms with Crippen molar-refractivity contribution in [3.8, 4) is 0 Å². The minimum absolute atomic E-state index is 0.435. The van der Waals surface area contributed by atoms with E-state index < -0.39 is 0 Å². The van der Waals surface area contributed by atoms with E-state index in [0.29, 0.717) is 12.1 Å². The van der Waals surface area contributed by atoms with E-state index >= 15 is 0 Å². The van der Waals surface area contributed by atoms with Crippen molar-refractivity contribution in [3.63, 3.8) is 0 Å². The van der Waals surface area contributed by atoms with Crippen LogP contribution in [0.2, 0.25) is 0 Å². The fourth-order valence-electron chi connectivity index (χ4n) is 2.27. The molecule has 0 aliphatic rings. The van der Waals surface area contributed by atoms with E-state index in [1.165, 1.54) is 30.4 Å². The Morgan fingerprint density at radius 3 is 2.11 bits per heavy atom. The largest absolute Gasteiger partial charge is 0.307 e. The number of hydrogen-bond donors (Lipinski definition) is 1. The van der Waals surface area contributed by atoms with Crippen LogP contribution in [0, 0.1) is 5.92 Å². The van der Waals surface area contributed by atoms with Gasteiger partial charge in [-0.2, -0.15) is 0 Å². The molecule has 1 aromatic carbocycles. The lowest BCUT2D eigenvalue weighted by Crippen LogP contribution is -2.33. The fraction of sp³-hybridized carbons (Fsp3) is 0.647. The van der Waals surface area contributed by atoms with Crippen LogP contribution in [0.25, 0.3) is 0 Å². The molecular formula is C17H29N. The molecule has 1 aromatic rings. The van der Waals surface area contributed by atoms with Crippen LogP contribution < -0.4 is 5.32 Å². The number of benzene rings is 1. The van der Waals surface area contributed by atoms with Gasteiger partial charge in [0.2, 0.25) is 0 Å². The van der Waals surface area contributed by atoms with Gasteiger partial charge >= 0.3 is 0 Å². The first-order valence-corrected chi connectivity index (χ1v) is 7.43. The van der Waals surface area contributed by atoms with Gasteiger partial charge in [0.25, 0.3) is 0 Å². The quantitative estimate of drug-likeness (QED) is 0.735. The number of hydrogen-bond acceptors (Lipinski definition) is 1. The minimum atomic E-state index is 0.435. The van der Waals surface area contributed by atoms with E-state index in [1.807, 2.05) is 0 Å². The maximum Gasteiger partial charge on any atom is 0.0294 e. The Kier molecular flexibility index (Phi) is 6.42. The summed E-state index contributed by atoms with van der Waals surface area (Å²) >= 11 is 0. The number of aryl methyl sites for hydroxylation is 1. The topological polar surface area (TPSA) is 12.0 Å². The second-order valence-corrected chi connectivity index (χ2v) is 5.55. The second kappa shape index (κ2) is 7.58. The van der Waals surface area contributed by atoms with Gasteiger partial charge in [0.05, 0.1) is 0 Å². The van der Waals surface area contributed by atoms with Crippen molar-refractivity contribution in [1.82, 2.24) is 5.32 Å². The Morgan fingerprint density at radius 1 is 1.00 bits per heavy atom. The summed E-state index contributed by atoms with van der Waals surface area (Å²) in [5.41, 5.74) is 2.84. The average molecular weight is 247 g/mol. The lowest BCUT2D eigenvalue weighted by atomic mass is 9.98. The molecule has 0 aliphatic carbocycles. The van der Waals surface area contributed by atoms with Gasteiger partial charge in [0.15, 0.2) is 0 Å². The normalized spacial score (nSPS) is 16.3. The predicted molar refractivity (Wildman–Crippen MR) is 80.9 cm³/mol. The van der Waals surface area contributed by atoms with Crippen LogP contribution in [0.1, 0.15) is 64.6 Å². The maximum absolute atomic E-state index is 3.70. The Hall–Kier alpha value is -0.820. The second-order valence-electron chi connectivity index (χ2n) is 5.55. The lowest BCUT2D eigenvalue weighted by molar-refractivity contribution is 0.360. The van der Waals surface area contributed by atoms with Crippen molar-refractivity contribution >= 4 is 0 Å². The summed E-state index contributed by atoms with van der Waals surface area (Å²) in [5, 5.41) is 3.70. The van der Waals surface area contributed by atoms with Crippen LogP contribution in [0.5, 0.6) is 0 Å². The van der Waals surface area contributed by atoms with Gasteiger partial charge in [0.1, 0.15) is 0 Å². The first-order chi connectivity index (χ1) is 8.58. The van der Waals surface area contributed by atoms with Crippen molar-refractivity contribution in [2.45, 2.75) is 66.0 Å². The molecular weight excluding hydrogens is 218 g/mol. The minimum Gasteiger partial charge on any atom is -0.307 e. The summed E-state index contributed by atoms with van der Waals surface area (Å²) in [7, 11) is 0. The molecule has 3 unspecified atom stereocenters. The highest BCUT2D eigenvalue weighted by atomic mass is 14.9. The lowest BCUT2D eigenvalue weighted by Gasteiger charge is -2.25. The summed E-state index contributed by atoms with van der Waals surface area (Å²) in [6.45, 7) is 11.3. The summed E-state index contributed by atoms with van der Waals surface area (Å²) in [6.07, 6.45) is 3.64. The molecule has 0 fully saturated rings. The zero-order chi connectivity index (χ0) is 13.5. The van der Waals surface area contributed by atoms with Gasteiger partial charge < -0.3 is 5.32 Å². The van der Waals surface area contributed by atoms with Gasteiger partial charge in [-0.1, -0.05) is 57.9 Å². The third-order valence-corrected chi connectivity index (χ3v) is 4.03. The molecule has 102 valence electrons. The molecule has 0 spiro atoms. The first kappa shape index (κ1) is 15.2. The van der Waals surface area contributed by atoms with Crippen LogP contribution in [-0.4, -0.2) is 6.04 Å². The Labute approximate surface area is 113 Å². The molecule has 0 bridgehead atoms. The van der Waals surface area contributed by atoms with E-state index in [1.54, 1.807) is 0 Å². The number of nitrogens with one attached hydrogen (secondary N) is 1. The third-order valence-electron chi connectivity index (χ3n) is 4.03. The van der Waals surface area contributed by atoms with E-state index in [0.717, 1.165) is 5.92 Å². The summed E-state index contributed by atoms with van der Waals surface area (Å²) < 4.78 is 0. The Bertz CT molecular complexity index is 328. The van der Waals surface area contributed by atoms with E-state index in [9.17, 15) is 0 Å². The van der Waals surface area contributed by atoms with Crippen LogP contribution in [0.3, 0.4) is 0 Å².